The van der Waals surface area contributed by atoms with Gasteiger partial charge in [-0.15, -0.1) is 0 Å². The Bertz CT molecular complexity index is 634. The summed E-state index contributed by atoms with van der Waals surface area (Å²) >= 11 is 0. The molecule has 0 aromatic heterocycles. The van der Waals surface area contributed by atoms with Gasteiger partial charge >= 0.3 is 18.6 Å². The topological polar surface area (TPSA) is 88.1 Å². The van der Waals surface area contributed by atoms with Crippen LogP contribution >= 0.6 is 0 Å². The third-order valence-corrected chi connectivity index (χ3v) is 4.27. The Morgan fingerprint density at radius 3 is 2.58 bits per heavy atom. The van der Waals surface area contributed by atoms with Gasteiger partial charge in [-0.05, 0) is 37.0 Å². The van der Waals surface area contributed by atoms with E-state index in [9.17, 15) is 18.4 Å². The van der Waals surface area contributed by atoms with Crippen LogP contribution in [0.5, 0.6) is 11.5 Å². The molecule has 0 radical (unpaired) electrons. The fraction of sp³-hybridized carbons (Fsp3) is 0.529. The Balaban J connectivity index is 1.82. The summed E-state index contributed by atoms with van der Waals surface area (Å²) in [7, 11) is 1.36. The highest BCUT2D eigenvalue weighted by molar-refractivity contribution is 5.75. The summed E-state index contributed by atoms with van der Waals surface area (Å²) in [6.45, 7) is -1.83. The summed E-state index contributed by atoms with van der Waals surface area (Å²) in [5.41, 5.74) is 0.714. The molecule has 0 aliphatic carbocycles. The van der Waals surface area contributed by atoms with Gasteiger partial charge in [-0.25, -0.2) is 4.79 Å². The number of hydrogen-bond acceptors (Lipinski definition) is 4. The van der Waals surface area contributed by atoms with Crippen molar-refractivity contribution in [1.29, 1.82) is 0 Å². The number of carboxylic acids is 1. The molecule has 7 nitrogen and oxygen atoms in total. The van der Waals surface area contributed by atoms with Crippen molar-refractivity contribution < 1.29 is 33.0 Å². The van der Waals surface area contributed by atoms with Gasteiger partial charge in [-0.1, -0.05) is 6.07 Å². The zero-order valence-electron chi connectivity index (χ0n) is 14.4. The number of carbonyl (C=O) groups excluding carboxylic acids is 1. The largest absolute Gasteiger partial charge is 0.493 e. The highest BCUT2D eigenvalue weighted by Crippen LogP contribution is 2.29. The molecule has 0 bridgehead atoms. The maximum atomic E-state index is 12.4. The molecule has 1 fully saturated rings. The van der Waals surface area contributed by atoms with Crippen LogP contribution in [0.2, 0.25) is 0 Å². The maximum absolute atomic E-state index is 12.4. The standard InChI is InChI=1S/C17H22F2N2O5/c1-25-13-3-2-11(10-14(13)26-16(18)19)4-7-20-17(24)21-8-5-12(6-9-21)15(22)23/h2-3,10,12,16H,4-9H2,1H3,(H,20,24)(H,22,23). The van der Waals surface area contributed by atoms with Crippen molar-refractivity contribution in [2.24, 2.45) is 5.92 Å². The molecule has 1 heterocycles. The molecule has 0 atom stereocenters. The number of hydrogen-bond donors (Lipinski definition) is 2. The third-order valence-electron chi connectivity index (χ3n) is 4.27. The molecule has 1 saturated heterocycles. The Labute approximate surface area is 149 Å². The number of aliphatic carboxylic acids is 1. The second kappa shape index (κ2) is 9.21. The van der Waals surface area contributed by atoms with Gasteiger partial charge in [-0.3, -0.25) is 4.79 Å². The smallest absolute Gasteiger partial charge is 0.387 e. The van der Waals surface area contributed by atoms with E-state index in [2.05, 4.69) is 10.1 Å². The molecular formula is C17H22F2N2O5. The van der Waals surface area contributed by atoms with Crippen LogP contribution in [0, 0.1) is 5.92 Å². The van der Waals surface area contributed by atoms with Crippen LogP contribution in [0.25, 0.3) is 0 Å². The van der Waals surface area contributed by atoms with Crippen LogP contribution < -0.4 is 14.8 Å². The normalized spacial score (nSPS) is 15.0. The van der Waals surface area contributed by atoms with Gasteiger partial charge in [-0.2, -0.15) is 8.78 Å². The van der Waals surface area contributed by atoms with E-state index in [-0.39, 0.29) is 17.5 Å². The SMILES string of the molecule is COc1ccc(CCNC(=O)N2CCC(C(=O)O)CC2)cc1OC(F)F. The predicted molar refractivity (Wildman–Crippen MR) is 88.7 cm³/mol. The first kappa shape index (κ1) is 19.7. The molecular weight excluding hydrogens is 350 g/mol. The minimum Gasteiger partial charge on any atom is -0.493 e. The molecule has 9 heteroatoms. The first-order valence-corrected chi connectivity index (χ1v) is 8.28. The molecule has 1 aliphatic rings. The van der Waals surface area contributed by atoms with Crippen molar-refractivity contribution in [3.8, 4) is 11.5 Å². The molecule has 1 aromatic rings. The first-order valence-electron chi connectivity index (χ1n) is 8.28. The Morgan fingerprint density at radius 1 is 1.31 bits per heavy atom. The number of amides is 2. The summed E-state index contributed by atoms with van der Waals surface area (Å²) in [4.78, 5) is 24.6. The molecule has 0 unspecified atom stereocenters. The number of nitrogens with one attached hydrogen (secondary N) is 1. The number of benzene rings is 1. The quantitative estimate of drug-likeness (QED) is 0.767. The fourth-order valence-electron chi connectivity index (χ4n) is 2.82. The van der Waals surface area contributed by atoms with Gasteiger partial charge in [0.15, 0.2) is 11.5 Å². The lowest BCUT2D eigenvalue weighted by atomic mass is 9.97. The van der Waals surface area contributed by atoms with Crippen molar-refractivity contribution in [1.82, 2.24) is 10.2 Å². The second-order valence-electron chi connectivity index (χ2n) is 5.95. The van der Waals surface area contributed by atoms with Crippen molar-refractivity contribution in [2.45, 2.75) is 25.9 Å². The minimum absolute atomic E-state index is 0.0536. The number of alkyl halides is 2. The van der Waals surface area contributed by atoms with Crippen molar-refractivity contribution >= 4 is 12.0 Å². The number of carbonyl (C=O) groups is 2. The van der Waals surface area contributed by atoms with Gasteiger partial charge < -0.3 is 24.8 Å². The Morgan fingerprint density at radius 2 is 2.00 bits per heavy atom. The average molecular weight is 372 g/mol. The predicted octanol–water partition coefficient (Wildman–Crippen LogP) is 2.35. The summed E-state index contributed by atoms with van der Waals surface area (Å²) < 4.78 is 34.3. The molecule has 0 saturated carbocycles. The van der Waals surface area contributed by atoms with Gasteiger partial charge in [0.2, 0.25) is 0 Å². The van der Waals surface area contributed by atoms with Gasteiger partial charge in [0.1, 0.15) is 0 Å². The summed E-state index contributed by atoms with van der Waals surface area (Å²) in [5.74, 6) is -1.07. The molecule has 1 aliphatic heterocycles. The lowest BCUT2D eigenvalue weighted by Gasteiger charge is -2.30. The van der Waals surface area contributed by atoms with Gasteiger partial charge in [0.25, 0.3) is 0 Å². The van der Waals surface area contributed by atoms with Gasteiger partial charge in [0, 0.05) is 19.6 Å². The second-order valence-corrected chi connectivity index (χ2v) is 5.95. The number of likely N-dealkylation sites (tertiary alicyclic amines) is 1. The number of urea groups is 1. The summed E-state index contributed by atoms with van der Waals surface area (Å²) in [6.07, 6.45) is 1.31. The maximum Gasteiger partial charge on any atom is 0.387 e. The fourth-order valence-corrected chi connectivity index (χ4v) is 2.82. The lowest BCUT2D eigenvalue weighted by Crippen LogP contribution is -2.45. The monoisotopic (exact) mass is 372 g/mol. The van der Waals surface area contributed by atoms with E-state index in [1.54, 1.807) is 11.0 Å². The van der Waals surface area contributed by atoms with E-state index in [1.165, 1.54) is 19.2 Å². The zero-order chi connectivity index (χ0) is 19.1. The van der Waals surface area contributed by atoms with Crippen LogP contribution in [0.1, 0.15) is 18.4 Å². The Hall–Kier alpha value is -2.58. The molecule has 144 valence electrons. The van der Waals surface area contributed by atoms with Crippen LogP contribution in [-0.2, 0) is 11.2 Å². The molecule has 26 heavy (non-hydrogen) atoms. The van der Waals surface area contributed by atoms with Gasteiger partial charge in [0.05, 0.1) is 13.0 Å². The number of rotatable bonds is 7. The van der Waals surface area contributed by atoms with E-state index in [4.69, 9.17) is 9.84 Å². The highest BCUT2D eigenvalue weighted by Gasteiger charge is 2.26. The molecule has 2 amide bonds. The van der Waals surface area contributed by atoms with E-state index in [0.717, 1.165) is 0 Å². The van der Waals surface area contributed by atoms with Crippen molar-refractivity contribution in [3.63, 3.8) is 0 Å². The van der Waals surface area contributed by atoms with Crippen LogP contribution in [-0.4, -0.2) is 55.4 Å². The molecule has 2 N–H and O–H groups in total. The lowest BCUT2D eigenvalue weighted by molar-refractivity contribution is -0.143. The van der Waals surface area contributed by atoms with Crippen LogP contribution in [0.4, 0.5) is 13.6 Å². The highest BCUT2D eigenvalue weighted by atomic mass is 19.3. The van der Waals surface area contributed by atoms with Crippen molar-refractivity contribution in [3.05, 3.63) is 23.8 Å². The number of methoxy groups -OCH3 is 1. The number of carboxylic acid groups (broad SMARTS) is 1. The third kappa shape index (κ3) is 5.47. The Kier molecular flexibility index (Phi) is 6.99. The number of ether oxygens (including phenoxy) is 2. The van der Waals surface area contributed by atoms with E-state index < -0.39 is 18.5 Å². The average Bonchev–Trinajstić information content (AvgIpc) is 2.61. The van der Waals surface area contributed by atoms with Crippen molar-refractivity contribution in [2.75, 3.05) is 26.7 Å². The molecule has 0 spiro atoms. The summed E-state index contributed by atoms with van der Waals surface area (Å²) in [6, 6.07) is 4.44. The minimum atomic E-state index is -2.95. The first-order chi connectivity index (χ1) is 12.4. The number of nitrogens with zero attached hydrogens (tertiary/aromatic N) is 1. The van der Waals surface area contributed by atoms with Crippen LogP contribution in [0.15, 0.2) is 18.2 Å². The molecule has 1 aromatic carbocycles. The summed E-state index contributed by atoms with van der Waals surface area (Å²) in [5, 5.41) is 11.7. The van der Waals surface area contributed by atoms with E-state index in [1.807, 2.05) is 0 Å². The van der Waals surface area contributed by atoms with E-state index >= 15 is 0 Å². The number of halogens is 2. The van der Waals surface area contributed by atoms with Crippen LogP contribution in [0.3, 0.4) is 0 Å². The zero-order valence-corrected chi connectivity index (χ0v) is 14.4. The molecule has 2 rings (SSSR count). The number of piperidine rings is 1. The van der Waals surface area contributed by atoms with E-state index in [0.29, 0.717) is 44.5 Å².